The summed E-state index contributed by atoms with van der Waals surface area (Å²) >= 11 is 0. The highest BCUT2D eigenvalue weighted by Gasteiger charge is 2.20. The SMILES string of the molecule is CCCCCCCC[C@H](/C=C/C(=O)OCC)[C@@H](O)C(C)=O. The molecule has 4 heteroatoms. The summed E-state index contributed by atoms with van der Waals surface area (Å²) in [6.45, 7) is 5.61. The summed E-state index contributed by atoms with van der Waals surface area (Å²) in [5.41, 5.74) is 0. The van der Waals surface area contributed by atoms with Gasteiger partial charge in [-0.2, -0.15) is 0 Å². The number of Topliss-reactive ketones (excluding diaryl/α,β-unsaturated/α-hetero) is 1. The number of hydrogen-bond donors (Lipinski definition) is 1. The van der Waals surface area contributed by atoms with Crippen LogP contribution in [0.5, 0.6) is 0 Å². The second-order valence-electron chi connectivity index (χ2n) is 5.39. The Kier molecular flexibility index (Phi) is 11.9. The molecule has 0 aromatic carbocycles. The smallest absolute Gasteiger partial charge is 0.330 e. The Balaban J connectivity index is 4.27. The highest BCUT2D eigenvalue weighted by atomic mass is 16.5. The van der Waals surface area contributed by atoms with Gasteiger partial charge in [0.05, 0.1) is 6.61 Å². The van der Waals surface area contributed by atoms with E-state index in [0.717, 1.165) is 12.8 Å². The molecule has 0 unspecified atom stereocenters. The predicted molar refractivity (Wildman–Crippen MR) is 83.9 cm³/mol. The fourth-order valence-corrected chi connectivity index (χ4v) is 2.21. The van der Waals surface area contributed by atoms with Gasteiger partial charge in [0.1, 0.15) is 6.10 Å². The normalized spacial score (nSPS) is 14.1. The molecule has 2 atom stereocenters. The number of ether oxygens (including phenoxy) is 1. The van der Waals surface area contributed by atoms with Gasteiger partial charge in [-0.1, -0.05) is 51.5 Å². The molecule has 0 amide bonds. The van der Waals surface area contributed by atoms with Crippen molar-refractivity contribution in [2.45, 2.75) is 71.8 Å². The Hall–Kier alpha value is -1.16. The minimum Gasteiger partial charge on any atom is -0.463 e. The maximum atomic E-state index is 11.3. The van der Waals surface area contributed by atoms with Crippen LogP contribution in [0.1, 0.15) is 65.7 Å². The summed E-state index contributed by atoms with van der Waals surface area (Å²) in [7, 11) is 0. The first-order chi connectivity index (χ1) is 10.0. The van der Waals surface area contributed by atoms with Crippen molar-refractivity contribution in [2.24, 2.45) is 5.92 Å². The number of carbonyl (C=O) groups excluding carboxylic acids is 2. The summed E-state index contributed by atoms with van der Waals surface area (Å²) in [6.07, 6.45) is 9.52. The molecule has 4 nitrogen and oxygen atoms in total. The quantitative estimate of drug-likeness (QED) is 0.340. The van der Waals surface area contributed by atoms with Crippen LogP contribution in [0.2, 0.25) is 0 Å². The van der Waals surface area contributed by atoms with Gasteiger partial charge in [-0.25, -0.2) is 4.79 Å². The van der Waals surface area contributed by atoms with Gasteiger partial charge in [-0.05, 0) is 20.3 Å². The number of ketones is 1. The first kappa shape index (κ1) is 19.8. The minimum atomic E-state index is -1.04. The lowest BCUT2D eigenvalue weighted by Gasteiger charge is -2.17. The Morgan fingerprint density at radius 3 is 2.29 bits per heavy atom. The van der Waals surface area contributed by atoms with Gasteiger partial charge in [-0.15, -0.1) is 0 Å². The topological polar surface area (TPSA) is 63.6 Å². The highest BCUT2D eigenvalue weighted by Crippen LogP contribution is 2.18. The van der Waals surface area contributed by atoms with Crippen molar-refractivity contribution < 1.29 is 19.4 Å². The molecule has 0 rings (SSSR count). The number of carbonyl (C=O) groups is 2. The van der Waals surface area contributed by atoms with Gasteiger partial charge >= 0.3 is 5.97 Å². The fourth-order valence-electron chi connectivity index (χ4n) is 2.21. The van der Waals surface area contributed by atoms with Crippen LogP contribution >= 0.6 is 0 Å². The van der Waals surface area contributed by atoms with Crippen LogP contribution in [0.25, 0.3) is 0 Å². The van der Waals surface area contributed by atoms with Gasteiger partial charge in [0.25, 0.3) is 0 Å². The summed E-state index contributed by atoms with van der Waals surface area (Å²) < 4.78 is 4.81. The Morgan fingerprint density at radius 1 is 1.10 bits per heavy atom. The monoisotopic (exact) mass is 298 g/mol. The Bertz CT molecular complexity index is 323. The number of rotatable bonds is 12. The van der Waals surface area contributed by atoms with E-state index in [-0.39, 0.29) is 11.7 Å². The average molecular weight is 298 g/mol. The molecule has 0 radical (unpaired) electrons. The van der Waals surface area contributed by atoms with Gasteiger partial charge in [0.2, 0.25) is 0 Å². The van der Waals surface area contributed by atoms with Crippen molar-refractivity contribution in [3.8, 4) is 0 Å². The van der Waals surface area contributed by atoms with E-state index in [1.54, 1.807) is 13.0 Å². The van der Waals surface area contributed by atoms with Crippen LogP contribution in [0.3, 0.4) is 0 Å². The van der Waals surface area contributed by atoms with E-state index in [2.05, 4.69) is 6.92 Å². The average Bonchev–Trinajstić information content (AvgIpc) is 2.45. The zero-order valence-electron chi connectivity index (χ0n) is 13.6. The fraction of sp³-hybridized carbons (Fsp3) is 0.765. The summed E-state index contributed by atoms with van der Waals surface area (Å²) in [5.74, 6) is -1.00. The molecule has 0 aliphatic carbocycles. The van der Waals surface area contributed by atoms with E-state index >= 15 is 0 Å². The van der Waals surface area contributed by atoms with Crippen LogP contribution in [0.4, 0.5) is 0 Å². The van der Waals surface area contributed by atoms with Crippen molar-refractivity contribution in [3.05, 3.63) is 12.2 Å². The third kappa shape index (κ3) is 10.2. The molecule has 0 saturated heterocycles. The first-order valence-corrected chi connectivity index (χ1v) is 8.06. The Labute approximate surface area is 128 Å². The molecular weight excluding hydrogens is 268 g/mol. The van der Waals surface area contributed by atoms with Crippen LogP contribution in [-0.2, 0) is 14.3 Å². The molecule has 0 spiro atoms. The van der Waals surface area contributed by atoms with E-state index in [9.17, 15) is 14.7 Å². The minimum absolute atomic E-state index is 0.264. The zero-order chi connectivity index (χ0) is 16.1. The van der Waals surface area contributed by atoms with Crippen molar-refractivity contribution >= 4 is 11.8 Å². The second kappa shape index (κ2) is 12.6. The van der Waals surface area contributed by atoms with Crippen molar-refractivity contribution in [1.82, 2.24) is 0 Å². The summed E-state index contributed by atoms with van der Waals surface area (Å²) in [6, 6.07) is 0. The number of unbranched alkanes of at least 4 members (excludes halogenated alkanes) is 5. The number of aliphatic hydroxyl groups is 1. The van der Waals surface area contributed by atoms with E-state index in [1.807, 2.05) is 0 Å². The van der Waals surface area contributed by atoms with Crippen molar-refractivity contribution in [2.75, 3.05) is 6.61 Å². The van der Waals surface area contributed by atoms with Crippen LogP contribution < -0.4 is 0 Å². The second-order valence-corrected chi connectivity index (χ2v) is 5.39. The van der Waals surface area contributed by atoms with E-state index in [1.165, 1.54) is 38.7 Å². The molecule has 0 aliphatic heterocycles. The molecule has 0 aromatic heterocycles. The third-order valence-electron chi connectivity index (χ3n) is 3.48. The van der Waals surface area contributed by atoms with Gasteiger partial charge in [0, 0.05) is 12.0 Å². The summed E-state index contributed by atoms with van der Waals surface area (Å²) in [4.78, 5) is 22.6. The van der Waals surface area contributed by atoms with E-state index in [4.69, 9.17) is 4.74 Å². The van der Waals surface area contributed by atoms with Gasteiger partial charge in [-0.3, -0.25) is 4.79 Å². The number of aliphatic hydroxyl groups excluding tert-OH is 1. The predicted octanol–water partition coefficient (Wildman–Crippen LogP) is 3.42. The molecule has 21 heavy (non-hydrogen) atoms. The molecular formula is C17H30O4. The molecule has 122 valence electrons. The lowest BCUT2D eigenvalue weighted by molar-refractivity contribution is -0.137. The highest BCUT2D eigenvalue weighted by molar-refractivity contribution is 5.83. The molecule has 1 N–H and O–H groups in total. The molecule has 0 saturated carbocycles. The summed E-state index contributed by atoms with van der Waals surface area (Å²) in [5, 5.41) is 9.92. The van der Waals surface area contributed by atoms with E-state index < -0.39 is 12.1 Å². The van der Waals surface area contributed by atoms with Gasteiger partial charge < -0.3 is 9.84 Å². The van der Waals surface area contributed by atoms with Crippen molar-refractivity contribution in [1.29, 1.82) is 0 Å². The first-order valence-electron chi connectivity index (χ1n) is 8.06. The largest absolute Gasteiger partial charge is 0.463 e. The van der Waals surface area contributed by atoms with Crippen LogP contribution in [-0.4, -0.2) is 29.6 Å². The molecule has 0 aromatic rings. The maximum Gasteiger partial charge on any atom is 0.330 e. The van der Waals surface area contributed by atoms with Crippen molar-refractivity contribution in [3.63, 3.8) is 0 Å². The Morgan fingerprint density at radius 2 is 1.71 bits per heavy atom. The molecule has 0 aliphatic rings. The van der Waals surface area contributed by atoms with Crippen LogP contribution in [0, 0.1) is 5.92 Å². The lowest BCUT2D eigenvalue weighted by atomic mass is 9.92. The van der Waals surface area contributed by atoms with Crippen LogP contribution in [0.15, 0.2) is 12.2 Å². The standard InChI is InChI=1S/C17H30O4/c1-4-6-7-8-9-10-11-15(17(20)14(3)18)12-13-16(19)21-5-2/h12-13,15,17,20H,4-11H2,1-3H3/b13-12+/t15-,17+/m1/s1. The lowest BCUT2D eigenvalue weighted by Crippen LogP contribution is -2.26. The number of hydrogen-bond acceptors (Lipinski definition) is 4. The zero-order valence-corrected chi connectivity index (χ0v) is 13.6. The van der Waals surface area contributed by atoms with E-state index in [0.29, 0.717) is 13.0 Å². The number of esters is 1. The van der Waals surface area contributed by atoms with Gasteiger partial charge in [0.15, 0.2) is 5.78 Å². The maximum absolute atomic E-state index is 11.3. The molecule has 0 fully saturated rings. The molecule has 0 heterocycles. The molecule has 0 bridgehead atoms. The third-order valence-corrected chi connectivity index (χ3v) is 3.48.